The van der Waals surface area contributed by atoms with Crippen molar-refractivity contribution >= 4 is 28.2 Å². The van der Waals surface area contributed by atoms with Gasteiger partial charge in [0.05, 0.1) is 5.75 Å². The Morgan fingerprint density at radius 2 is 2.43 bits per heavy atom. The molecule has 0 aromatic carbocycles. The van der Waals surface area contributed by atoms with Gasteiger partial charge < -0.3 is 10.3 Å². The average molecular weight is 227 g/mol. The second-order valence-corrected chi connectivity index (χ2v) is 4.88. The van der Waals surface area contributed by atoms with Gasteiger partial charge in [-0.15, -0.1) is 10.2 Å². The fourth-order valence-corrected chi connectivity index (χ4v) is 2.58. The number of aromatic nitrogens is 4. The molecule has 5 nitrogen and oxygen atoms in total. The van der Waals surface area contributed by atoms with E-state index in [2.05, 4.69) is 15.2 Å². The number of thioether (sulfide) groups is 1. The molecule has 0 aliphatic rings. The Balaban J connectivity index is 1.98. The first-order valence-electron chi connectivity index (χ1n) is 3.93. The second-order valence-electron chi connectivity index (χ2n) is 2.65. The summed E-state index contributed by atoms with van der Waals surface area (Å²) in [5.41, 5.74) is 5.47. The van der Waals surface area contributed by atoms with Crippen LogP contribution in [0.3, 0.4) is 0 Å². The monoisotopic (exact) mass is 227 g/mol. The highest BCUT2D eigenvalue weighted by atomic mass is 32.2. The number of hydrogen-bond acceptors (Lipinski definition) is 6. The molecule has 2 heterocycles. The number of nitrogens with zero attached hydrogens (tertiary/aromatic N) is 4. The molecule has 0 atom stereocenters. The number of aryl methyl sites for hydroxylation is 1. The van der Waals surface area contributed by atoms with Crippen molar-refractivity contribution in [3.63, 3.8) is 0 Å². The minimum Gasteiger partial charge on any atom is -0.374 e. The molecule has 2 aromatic heterocycles. The van der Waals surface area contributed by atoms with Crippen molar-refractivity contribution in [1.29, 1.82) is 0 Å². The van der Waals surface area contributed by atoms with Crippen molar-refractivity contribution in [3.05, 3.63) is 18.2 Å². The Morgan fingerprint density at radius 1 is 1.57 bits per heavy atom. The van der Waals surface area contributed by atoms with Gasteiger partial charge in [-0.2, -0.15) is 0 Å². The fourth-order valence-electron chi connectivity index (χ4n) is 0.941. The Hall–Kier alpha value is -1.08. The Bertz CT molecular complexity index is 421. The lowest BCUT2D eigenvalue weighted by Crippen LogP contribution is -1.93. The van der Waals surface area contributed by atoms with Gasteiger partial charge in [0.1, 0.15) is 5.82 Å². The largest absolute Gasteiger partial charge is 0.374 e. The van der Waals surface area contributed by atoms with Crippen LogP contribution in [0.5, 0.6) is 0 Å². The van der Waals surface area contributed by atoms with Gasteiger partial charge in [0.15, 0.2) is 4.34 Å². The lowest BCUT2D eigenvalue weighted by atomic mass is 10.7. The van der Waals surface area contributed by atoms with E-state index in [0.717, 1.165) is 15.9 Å². The van der Waals surface area contributed by atoms with Crippen molar-refractivity contribution in [3.8, 4) is 0 Å². The minimum atomic E-state index is 0.507. The average Bonchev–Trinajstić information content (AvgIpc) is 2.72. The standard InChI is InChI=1S/C7H9N5S2/c1-12-3-2-9-5(12)4-13-7-11-10-6(8)14-7/h2-3H,4H2,1H3,(H2,8,10). The lowest BCUT2D eigenvalue weighted by molar-refractivity contribution is 0.848. The van der Waals surface area contributed by atoms with Gasteiger partial charge in [-0.1, -0.05) is 23.1 Å². The predicted molar refractivity (Wildman–Crippen MR) is 57.1 cm³/mol. The summed E-state index contributed by atoms with van der Waals surface area (Å²) in [6.45, 7) is 0. The zero-order valence-electron chi connectivity index (χ0n) is 7.54. The van der Waals surface area contributed by atoms with Crippen molar-refractivity contribution in [1.82, 2.24) is 19.7 Å². The van der Waals surface area contributed by atoms with Gasteiger partial charge in [0.25, 0.3) is 0 Å². The van der Waals surface area contributed by atoms with E-state index in [-0.39, 0.29) is 0 Å². The summed E-state index contributed by atoms with van der Waals surface area (Å²) >= 11 is 2.99. The third-order valence-corrected chi connectivity index (χ3v) is 3.55. The van der Waals surface area contributed by atoms with Gasteiger partial charge in [0, 0.05) is 19.4 Å². The predicted octanol–water partition coefficient (Wildman–Crippen LogP) is 1.15. The van der Waals surface area contributed by atoms with Crippen LogP contribution in [0.1, 0.15) is 5.82 Å². The molecule has 0 aliphatic carbocycles. The maximum Gasteiger partial charge on any atom is 0.203 e. The first-order valence-corrected chi connectivity index (χ1v) is 5.74. The molecular formula is C7H9N5S2. The molecule has 2 rings (SSSR count). The molecule has 0 spiro atoms. The van der Waals surface area contributed by atoms with Gasteiger partial charge in [-0.05, 0) is 0 Å². The molecule has 0 aliphatic heterocycles. The molecule has 2 aromatic rings. The van der Waals surface area contributed by atoms with Gasteiger partial charge in [-0.25, -0.2) is 4.98 Å². The summed E-state index contributed by atoms with van der Waals surface area (Å²) in [4.78, 5) is 4.20. The SMILES string of the molecule is Cn1ccnc1CSc1nnc(N)s1. The van der Waals surface area contributed by atoms with Gasteiger partial charge in [-0.3, -0.25) is 0 Å². The number of nitrogen functional groups attached to an aromatic ring is 1. The highest BCUT2D eigenvalue weighted by molar-refractivity contribution is 8.00. The first-order chi connectivity index (χ1) is 6.75. The van der Waals surface area contributed by atoms with Crippen LogP contribution in [0.15, 0.2) is 16.7 Å². The van der Waals surface area contributed by atoms with Crippen LogP contribution < -0.4 is 5.73 Å². The van der Waals surface area contributed by atoms with Gasteiger partial charge in [0.2, 0.25) is 5.13 Å². The van der Waals surface area contributed by atoms with E-state index in [1.54, 1.807) is 18.0 Å². The number of rotatable bonds is 3. The zero-order chi connectivity index (χ0) is 9.97. The van der Waals surface area contributed by atoms with E-state index in [4.69, 9.17) is 5.73 Å². The second kappa shape index (κ2) is 3.97. The van der Waals surface area contributed by atoms with Crippen LogP contribution in [0.2, 0.25) is 0 Å². The van der Waals surface area contributed by atoms with E-state index in [1.165, 1.54) is 11.3 Å². The summed E-state index contributed by atoms with van der Waals surface area (Å²) in [5, 5.41) is 8.16. The minimum absolute atomic E-state index is 0.507. The topological polar surface area (TPSA) is 69.6 Å². The lowest BCUT2D eigenvalue weighted by Gasteiger charge is -1.97. The number of nitrogens with two attached hydrogens (primary N) is 1. The molecule has 0 bridgehead atoms. The molecule has 0 unspecified atom stereocenters. The van der Waals surface area contributed by atoms with Crippen LogP contribution in [0.25, 0.3) is 0 Å². The highest BCUT2D eigenvalue weighted by Gasteiger charge is 2.04. The van der Waals surface area contributed by atoms with Crippen molar-refractivity contribution in [2.24, 2.45) is 7.05 Å². The Kier molecular flexibility index (Phi) is 2.69. The molecule has 0 amide bonds. The van der Waals surface area contributed by atoms with Crippen molar-refractivity contribution < 1.29 is 0 Å². The summed E-state index contributed by atoms with van der Waals surface area (Å²) in [7, 11) is 1.97. The molecule has 0 radical (unpaired) electrons. The quantitative estimate of drug-likeness (QED) is 0.796. The molecule has 14 heavy (non-hydrogen) atoms. The third kappa shape index (κ3) is 2.05. The third-order valence-electron chi connectivity index (χ3n) is 1.67. The molecule has 2 N–H and O–H groups in total. The molecular weight excluding hydrogens is 218 g/mol. The van der Waals surface area contributed by atoms with E-state index in [0.29, 0.717) is 5.13 Å². The summed E-state index contributed by atoms with van der Waals surface area (Å²) < 4.78 is 2.86. The van der Waals surface area contributed by atoms with Crippen LogP contribution in [0, 0.1) is 0 Å². The van der Waals surface area contributed by atoms with Crippen molar-refractivity contribution in [2.45, 2.75) is 10.1 Å². The summed E-state index contributed by atoms with van der Waals surface area (Å²) in [5.74, 6) is 1.81. The zero-order valence-corrected chi connectivity index (χ0v) is 9.18. The molecule has 74 valence electrons. The number of hydrogen-bond donors (Lipinski definition) is 1. The smallest absolute Gasteiger partial charge is 0.203 e. The maximum atomic E-state index is 5.47. The summed E-state index contributed by atoms with van der Waals surface area (Å²) in [6, 6.07) is 0. The van der Waals surface area contributed by atoms with E-state index >= 15 is 0 Å². The molecule has 7 heteroatoms. The van der Waals surface area contributed by atoms with Crippen LogP contribution in [-0.2, 0) is 12.8 Å². The molecule has 0 fully saturated rings. The first kappa shape index (κ1) is 9.47. The van der Waals surface area contributed by atoms with Gasteiger partial charge >= 0.3 is 0 Å². The highest BCUT2D eigenvalue weighted by Crippen LogP contribution is 2.25. The van der Waals surface area contributed by atoms with E-state index < -0.39 is 0 Å². The summed E-state index contributed by atoms with van der Waals surface area (Å²) in [6.07, 6.45) is 3.70. The van der Waals surface area contributed by atoms with E-state index in [9.17, 15) is 0 Å². The fraction of sp³-hybridized carbons (Fsp3) is 0.286. The maximum absolute atomic E-state index is 5.47. The number of imidazole rings is 1. The van der Waals surface area contributed by atoms with Crippen molar-refractivity contribution in [2.75, 3.05) is 5.73 Å². The van der Waals surface area contributed by atoms with Crippen LogP contribution in [-0.4, -0.2) is 19.7 Å². The Labute approximate surface area is 89.4 Å². The molecule has 0 saturated carbocycles. The molecule has 0 saturated heterocycles. The van der Waals surface area contributed by atoms with Crippen LogP contribution in [0.4, 0.5) is 5.13 Å². The van der Waals surface area contributed by atoms with E-state index in [1.807, 2.05) is 17.8 Å². The normalized spacial score (nSPS) is 10.6. The number of anilines is 1. The van der Waals surface area contributed by atoms with Crippen LogP contribution >= 0.6 is 23.1 Å². The Morgan fingerprint density at radius 3 is 3.00 bits per heavy atom.